The number of thiol groups is 1. The van der Waals surface area contributed by atoms with Crippen molar-refractivity contribution in [2.75, 3.05) is 13.2 Å². The number of piperidine rings is 1. The fraction of sp³-hybridized carbons (Fsp3) is 0.857. The third-order valence-electron chi connectivity index (χ3n) is 2.13. The van der Waals surface area contributed by atoms with Gasteiger partial charge in [0.25, 0.3) is 0 Å². The van der Waals surface area contributed by atoms with E-state index in [0.717, 1.165) is 0 Å². The van der Waals surface area contributed by atoms with E-state index >= 15 is 0 Å². The second-order valence-corrected chi connectivity index (χ2v) is 3.49. The van der Waals surface area contributed by atoms with Crippen molar-refractivity contribution < 1.29 is 15.0 Å². The van der Waals surface area contributed by atoms with Crippen molar-refractivity contribution in [3.8, 4) is 0 Å². The monoisotopic (exact) mass is 191 g/mol. The van der Waals surface area contributed by atoms with Crippen molar-refractivity contribution in [2.24, 2.45) is 5.92 Å². The molecule has 1 aliphatic heterocycles. The van der Waals surface area contributed by atoms with Crippen LogP contribution in [0.25, 0.3) is 0 Å². The summed E-state index contributed by atoms with van der Waals surface area (Å²) < 4.78 is 0. The van der Waals surface area contributed by atoms with Crippen LogP contribution in [0.1, 0.15) is 6.42 Å². The first-order chi connectivity index (χ1) is 5.66. The van der Waals surface area contributed by atoms with Gasteiger partial charge in [0.2, 0.25) is 5.91 Å². The van der Waals surface area contributed by atoms with Crippen molar-refractivity contribution in [3.05, 3.63) is 0 Å². The molecule has 0 bridgehead atoms. The third-order valence-corrected chi connectivity index (χ3v) is 2.75. The van der Waals surface area contributed by atoms with Crippen LogP contribution in [-0.2, 0) is 4.79 Å². The summed E-state index contributed by atoms with van der Waals surface area (Å²) in [5.41, 5.74) is 0. The SMILES string of the molecule is O=C1NCCC([C@@H](O)CO)C1S. The Morgan fingerprint density at radius 2 is 2.42 bits per heavy atom. The molecule has 70 valence electrons. The quantitative estimate of drug-likeness (QED) is 0.413. The number of hydrogen-bond donors (Lipinski definition) is 4. The molecule has 3 atom stereocenters. The summed E-state index contributed by atoms with van der Waals surface area (Å²) in [7, 11) is 0. The van der Waals surface area contributed by atoms with E-state index in [1.165, 1.54) is 0 Å². The zero-order valence-electron chi connectivity index (χ0n) is 6.60. The Hall–Kier alpha value is -0.260. The zero-order chi connectivity index (χ0) is 9.14. The zero-order valence-corrected chi connectivity index (χ0v) is 7.50. The average Bonchev–Trinajstić information content (AvgIpc) is 2.08. The Bertz CT molecular complexity index is 176. The van der Waals surface area contributed by atoms with Crippen molar-refractivity contribution >= 4 is 18.5 Å². The number of nitrogens with one attached hydrogen (secondary N) is 1. The van der Waals surface area contributed by atoms with E-state index in [1.807, 2.05) is 0 Å². The van der Waals surface area contributed by atoms with Crippen molar-refractivity contribution in [1.29, 1.82) is 0 Å². The lowest BCUT2D eigenvalue weighted by Gasteiger charge is -2.30. The number of carbonyl (C=O) groups excluding carboxylic acids is 1. The molecule has 0 aromatic carbocycles. The summed E-state index contributed by atoms with van der Waals surface area (Å²) in [5.74, 6) is -0.394. The molecule has 3 N–H and O–H groups in total. The van der Waals surface area contributed by atoms with Crippen LogP contribution in [0.2, 0.25) is 0 Å². The van der Waals surface area contributed by atoms with E-state index in [-0.39, 0.29) is 18.4 Å². The topological polar surface area (TPSA) is 69.6 Å². The fourth-order valence-electron chi connectivity index (χ4n) is 1.36. The molecular formula is C7H13NO3S. The van der Waals surface area contributed by atoms with E-state index in [0.29, 0.717) is 13.0 Å². The molecule has 0 radical (unpaired) electrons. The minimum Gasteiger partial charge on any atom is -0.394 e. The molecule has 1 aliphatic rings. The van der Waals surface area contributed by atoms with Gasteiger partial charge in [0.1, 0.15) is 0 Å². The highest BCUT2D eigenvalue weighted by Crippen LogP contribution is 2.21. The van der Waals surface area contributed by atoms with Gasteiger partial charge in [-0.15, -0.1) is 0 Å². The Balaban J connectivity index is 2.57. The Morgan fingerprint density at radius 3 is 3.00 bits per heavy atom. The van der Waals surface area contributed by atoms with Gasteiger partial charge in [-0.2, -0.15) is 12.6 Å². The van der Waals surface area contributed by atoms with Gasteiger partial charge in [-0.3, -0.25) is 4.79 Å². The van der Waals surface area contributed by atoms with Gasteiger partial charge in [-0.05, 0) is 6.42 Å². The van der Waals surface area contributed by atoms with Crippen LogP contribution in [-0.4, -0.2) is 40.6 Å². The van der Waals surface area contributed by atoms with E-state index in [9.17, 15) is 9.90 Å². The normalized spacial score (nSPS) is 32.8. The molecule has 12 heavy (non-hydrogen) atoms. The minimum atomic E-state index is -0.835. The van der Waals surface area contributed by atoms with Crippen LogP contribution in [0.3, 0.4) is 0 Å². The molecule has 0 aromatic rings. The molecule has 0 spiro atoms. The van der Waals surface area contributed by atoms with Crippen LogP contribution in [0, 0.1) is 5.92 Å². The predicted octanol–water partition coefficient (Wildman–Crippen LogP) is -1.23. The molecule has 0 saturated carbocycles. The Morgan fingerprint density at radius 1 is 1.75 bits per heavy atom. The maximum atomic E-state index is 11.0. The first-order valence-electron chi connectivity index (χ1n) is 3.91. The molecule has 0 aliphatic carbocycles. The summed E-state index contributed by atoms with van der Waals surface area (Å²) in [5, 5.41) is 20.1. The summed E-state index contributed by atoms with van der Waals surface area (Å²) in [6.45, 7) is 0.243. The number of aliphatic hydroxyl groups excluding tert-OH is 2. The second-order valence-electron chi connectivity index (χ2n) is 2.94. The first-order valence-corrected chi connectivity index (χ1v) is 4.43. The van der Waals surface area contributed by atoms with E-state index < -0.39 is 11.4 Å². The number of amides is 1. The van der Waals surface area contributed by atoms with E-state index in [1.54, 1.807) is 0 Å². The molecule has 1 saturated heterocycles. The predicted molar refractivity (Wildman–Crippen MR) is 47.0 cm³/mol. The molecule has 5 heteroatoms. The van der Waals surface area contributed by atoms with Gasteiger partial charge < -0.3 is 15.5 Å². The molecule has 4 nitrogen and oxygen atoms in total. The number of rotatable bonds is 2. The van der Waals surface area contributed by atoms with Gasteiger partial charge in [-0.25, -0.2) is 0 Å². The lowest BCUT2D eigenvalue weighted by atomic mass is 9.91. The van der Waals surface area contributed by atoms with Crippen LogP contribution in [0.15, 0.2) is 0 Å². The number of carbonyl (C=O) groups is 1. The smallest absolute Gasteiger partial charge is 0.233 e. The van der Waals surface area contributed by atoms with E-state index in [4.69, 9.17) is 5.11 Å². The van der Waals surface area contributed by atoms with Crippen LogP contribution in [0.5, 0.6) is 0 Å². The fourth-order valence-corrected chi connectivity index (χ4v) is 1.80. The summed E-state index contributed by atoms with van der Waals surface area (Å²) >= 11 is 4.06. The molecule has 1 amide bonds. The lowest BCUT2D eigenvalue weighted by molar-refractivity contribution is -0.124. The average molecular weight is 191 g/mol. The van der Waals surface area contributed by atoms with Gasteiger partial charge in [-0.1, -0.05) is 0 Å². The van der Waals surface area contributed by atoms with Crippen molar-refractivity contribution in [2.45, 2.75) is 17.8 Å². The number of aliphatic hydroxyl groups is 2. The molecular weight excluding hydrogens is 178 g/mol. The number of hydrogen-bond acceptors (Lipinski definition) is 4. The first kappa shape index (κ1) is 9.83. The lowest BCUT2D eigenvalue weighted by Crippen LogP contribution is -2.48. The molecule has 1 fully saturated rings. The van der Waals surface area contributed by atoms with Crippen molar-refractivity contribution in [3.63, 3.8) is 0 Å². The Labute approximate surface area is 76.4 Å². The highest BCUT2D eigenvalue weighted by molar-refractivity contribution is 7.81. The largest absolute Gasteiger partial charge is 0.394 e. The van der Waals surface area contributed by atoms with Crippen LogP contribution < -0.4 is 5.32 Å². The maximum Gasteiger partial charge on any atom is 0.233 e. The summed E-state index contributed by atoms with van der Waals surface area (Å²) in [6.07, 6.45) is -0.166. The molecule has 1 rings (SSSR count). The third kappa shape index (κ3) is 1.91. The summed E-state index contributed by atoms with van der Waals surface area (Å²) in [4.78, 5) is 11.0. The van der Waals surface area contributed by atoms with Gasteiger partial charge in [0, 0.05) is 12.5 Å². The highest BCUT2D eigenvalue weighted by atomic mass is 32.1. The van der Waals surface area contributed by atoms with E-state index in [2.05, 4.69) is 17.9 Å². The van der Waals surface area contributed by atoms with Gasteiger partial charge in [0.15, 0.2) is 0 Å². The van der Waals surface area contributed by atoms with Gasteiger partial charge in [0.05, 0.1) is 18.0 Å². The molecule has 0 aromatic heterocycles. The van der Waals surface area contributed by atoms with Crippen molar-refractivity contribution in [1.82, 2.24) is 5.32 Å². The standard InChI is InChI=1S/C7H13NO3S/c9-3-5(10)4-1-2-8-7(11)6(4)12/h4-6,9-10,12H,1-3H2,(H,8,11)/t4?,5-,6?/m0/s1. The molecule has 1 heterocycles. The van der Waals surface area contributed by atoms with Crippen LogP contribution >= 0.6 is 12.6 Å². The Kier molecular flexibility index (Phi) is 3.37. The second kappa shape index (κ2) is 4.11. The highest BCUT2D eigenvalue weighted by Gasteiger charge is 2.33. The summed E-state index contributed by atoms with van der Waals surface area (Å²) in [6, 6.07) is 0. The van der Waals surface area contributed by atoms with Crippen LogP contribution in [0.4, 0.5) is 0 Å². The maximum absolute atomic E-state index is 11.0. The minimum absolute atomic E-state index is 0.165. The van der Waals surface area contributed by atoms with Gasteiger partial charge >= 0.3 is 0 Å². The molecule has 2 unspecified atom stereocenters.